The summed E-state index contributed by atoms with van der Waals surface area (Å²) in [5.41, 5.74) is 8.55. The van der Waals surface area contributed by atoms with Crippen molar-refractivity contribution >= 4 is 108 Å². The molecule has 4 aromatic heterocycles. The van der Waals surface area contributed by atoms with Crippen LogP contribution in [0.25, 0.3) is 44.3 Å². The quantitative estimate of drug-likeness (QED) is 0.0201. The largest absolute Gasteiger partial charge is 0.459 e. The number of carbonyl (C=O) groups is 4. The predicted octanol–water partition coefficient (Wildman–Crippen LogP) is 12.9. The van der Waals surface area contributed by atoms with Crippen molar-refractivity contribution < 1.29 is 28.7 Å². The summed E-state index contributed by atoms with van der Waals surface area (Å²) in [6.45, 7) is 17.9. The van der Waals surface area contributed by atoms with Crippen molar-refractivity contribution in [1.82, 2.24) is 49.9 Å². The molecule has 10 rings (SSSR count). The Labute approximate surface area is 563 Å². The highest BCUT2D eigenvalue weighted by atomic mass is 79.9. The normalized spacial score (nSPS) is 14.4. The molecule has 2 saturated heterocycles. The van der Waals surface area contributed by atoms with Gasteiger partial charge in [-0.25, -0.2) is 19.9 Å². The second-order valence-corrected chi connectivity index (χ2v) is 26.3. The lowest BCUT2D eigenvalue weighted by Crippen LogP contribution is -2.39. The first kappa shape index (κ1) is 70.8. The van der Waals surface area contributed by atoms with Gasteiger partial charge in [0.15, 0.2) is 0 Å². The molecule has 2 fully saturated rings. The van der Waals surface area contributed by atoms with E-state index in [1.165, 1.54) is 17.2 Å². The summed E-state index contributed by atoms with van der Waals surface area (Å²) in [7, 11) is 3.65. The number of ether oxygens (including phenoxy) is 2. The van der Waals surface area contributed by atoms with E-state index in [1.54, 1.807) is 42.6 Å². The van der Waals surface area contributed by atoms with Gasteiger partial charge in [-0.05, 0) is 129 Å². The van der Waals surface area contributed by atoms with Crippen LogP contribution in [0.5, 0.6) is 0 Å². The molecule has 0 bridgehead atoms. The molecule has 93 heavy (non-hydrogen) atoms. The Morgan fingerprint density at radius 1 is 0.624 bits per heavy atom. The summed E-state index contributed by atoms with van der Waals surface area (Å²) in [5, 5.41) is 19.3. The van der Waals surface area contributed by atoms with Crippen LogP contribution in [-0.2, 0) is 41.7 Å². The molecule has 8 aromatic rings. The number of H-pyrrole nitrogens is 2. The Bertz CT molecular complexity index is 3810. The molecule has 0 aliphatic carbocycles. The number of nitrogens with one attached hydrogen (secondary N) is 7. The number of alkyl halides is 1. The number of fused-ring (bicyclic) bond motifs is 2. The highest BCUT2D eigenvalue weighted by molar-refractivity contribution is 9.09. The minimum atomic E-state index is -0.517. The number of carbonyl (C=O) groups excluding carboxylic acids is 4. The molecule has 492 valence electrons. The fourth-order valence-electron chi connectivity index (χ4n) is 10.5. The number of aromatic amines is 2. The molecule has 2 aliphatic rings. The van der Waals surface area contributed by atoms with Gasteiger partial charge in [0.1, 0.15) is 16.5 Å². The third kappa shape index (κ3) is 22.9. The number of aromatic nitrogens is 6. The van der Waals surface area contributed by atoms with Crippen molar-refractivity contribution in [2.24, 2.45) is 0 Å². The molecule has 23 heteroatoms. The molecule has 6 heterocycles. The summed E-state index contributed by atoms with van der Waals surface area (Å²) >= 11 is 16.0. The van der Waals surface area contributed by atoms with Gasteiger partial charge in [0.05, 0.1) is 40.4 Å². The number of amides is 2. The monoisotopic (exact) mass is 1370 g/mol. The average molecular weight is 1370 g/mol. The van der Waals surface area contributed by atoms with Crippen molar-refractivity contribution in [2.45, 2.75) is 104 Å². The van der Waals surface area contributed by atoms with Gasteiger partial charge in [-0.1, -0.05) is 112 Å². The van der Waals surface area contributed by atoms with Crippen LogP contribution in [-0.4, -0.2) is 157 Å². The maximum absolute atomic E-state index is 12.4. The van der Waals surface area contributed by atoms with E-state index < -0.39 is 5.60 Å². The minimum Gasteiger partial charge on any atom is -0.459 e. The summed E-state index contributed by atoms with van der Waals surface area (Å²) in [6, 6.07) is 32.8. The highest BCUT2D eigenvalue weighted by Crippen LogP contribution is 2.34. The van der Waals surface area contributed by atoms with Gasteiger partial charge in [0.25, 0.3) is 0 Å². The van der Waals surface area contributed by atoms with Gasteiger partial charge in [-0.15, -0.1) is 0 Å². The SMILES string of the molecule is CC(C)(C)OC(=O)CBr.CN(C/C=C/C(=O)Nc1ccc(CN2CCC(Nc3ncc(Cl)c(-c4c[nH]c5ccccc45)n3)CC2)cc1)CC(=O)OC(C)(C)C.CNC/C=C/C(=O)Nc1ccc(CN2CCC(Nc3ncc(Cl)c(-c4c[nH]c5ccccc45)n3)CC2)cc1. The number of benzene rings is 4. The van der Waals surface area contributed by atoms with Crippen molar-refractivity contribution in [2.75, 3.05) is 86.5 Å². The Kier molecular flexibility index (Phi) is 26.1. The third-order valence-electron chi connectivity index (χ3n) is 14.9. The fourth-order valence-corrected chi connectivity index (χ4v) is 11.0. The molecular weight excluding hydrogens is 1280 g/mol. The summed E-state index contributed by atoms with van der Waals surface area (Å²) in [5.74, 6) is 0.335. The van der Waals surface area contributed by atoms with Crippen LogP contribution in [0.1, 0.15) is 78.4 Å². The van der Waals surface area contributed by atoms with Crippen LogP contribution in [0.4, 0.5) is 23.3 Å². The second kappa shape index (κ2) is 34.2. The van der Waals surface area contributed by atoms with Gasteiger partial charge in [-0.3, -0.25) is 33.9 Å². The number of para-hydroxylation sites is 2. The minimum absolute atomic E-state index is 0.124. The van der Waals surface area contributed by atoms with Crippen molar-refractivity contribution in [1.29, 1.82) is 0 Å². The molecule has 0 atom stereocenters. The number of halogens is 3. The molecule has 7 N–H and O–H groups in total. The number of rotatable bonds is 21. The van der Waals surface area contributed by atoms with Gasteiger partial charge in [0, 0.05) is 133 Å². The number of hydrogen-bond acceptors (Lipinski definition) is 16. The average Bonchev–Trinajstić information content (AvgIpc) is 1.75. The van der Waals surface area contributed by atoms with Crippen LogP contribution in [0.15, 0.2) is 146 Å². The summed E-state index contributed by atoms with van der Waals surface area (Å²) in [4.78, 5) is 78.5. The van der Waals surface area contributed by atoms with Gasteiger partial charge >= 0.3 is 11.9 Å². The molecule has 0 radical (unpaired) electrons. The number of esters is 2. The second-order valence-electron chi connectivity index (χ2n) is 24.9. The lowest BCUT2D eigenvalue weighted by atomic mass is 10.0. The van der Waals surface area contributed by atoms with E-state index in [0.29, 0.717) is 46.8 Å². The molecule has 20 nitrogen and oxygen atoms in total. The van der Waals surface area contributed by atoms with E-state index in [2.05, 4.69) is 96.5 Å². The third-order valence-corrected chi connectivity index (χ3v) is 15.9. The van der Waals surface area contributed by atoms with E-state index >= 15 is 0 Å². The van der Waals surface area contributed by atoms with E-state index in [1.807, 2.05) is 134 Å². The Morgan fingerprint density at radius 2 is 1.04 bits per heavy atom. The molecular formula is C70H85BrCl2N14O6. The number of anilines is 4. The molecule has 4 aromatic carbocycles. The number of hydrogen-bond donors (Lipinski definition) is 7. The van der Waals surface area contributed by atoms with Gasteiger partial charge in [0.2, 0.25) is 23.7 Å². The van der Waals surface area contributed by atoms with E-state index in [9.17, 15) is 19.2 Å². The maximum Gasteiger partial charge on any atom is 0.320 e. The molecule has 0 spiro atoms. The predicted molar refractivity (Wildman–Crippen MR) is 378 cm³/mol. The smallest absolute Gasteiger partial charge is 0.320 e. The Morgan fingerprint density at radius 3 is 1.45 bits per heavy atom. The Balaban J connectivity index is 0.000000214. The molecule has 0 saturated carbocycles. The fraction of sp³-hybridized carbons (Fsp3) is 0.371. The van der Waals surface area contributed by atoms with Crippen molar-refractivity contribution in [3.63, 3.8) is 0 Å². The number of likely N-dealkylation sites (N-methyl/N-ethyl adjacent to an activating group) is 2. The molecule has 2 amide bonds. The number of likely N-dealkylation sites (tertiary alicyclic amines) is 2. The lowest BCUT2D eigenvalue weighted by molar-refractivity contribution is -0.155. The first-order valence-electron chi connectivity index (χ1n) is 31.2. The summed E-state index contributed by atoms with van der Waals surface area (Å²) in [6.07, 6.45) is 17.7. The van der Waals surface area contributed by atoms with Crippen LogP contribution in [0.3, 0.4) is 0 Å². The lowest BCUT2D eigenvalue weighted by Gasteiger charge is -2.32. The van der Waals surface area contributed by atoms with E-state index in [4.69, 9.17) is 42.6 Å². The zero-order chi connectivity index (χ0) is 66.5. The zero-order valence-electron chi connectivity index (χ0n) is 54.1. The van der Waals surface area contributed by atoms with E-state index in [0.717, 1.165) is 115 Å². The topological polar surface area (TPSA) is 240 Å². The highest BCUT2D eigenvalue weighted by Gasteiger charge is 2.24. The van der Waals surface area contributed by atoms with Crippen LogP contribution >= 0.6 is 39.1 Å². The number of nitrogens with zero attached hydrogens (tertiary/aromatic N) is 7. The van der Waals surface area contributed by atoms with Crippen molar-refractivity contribution in [3.8, 4) is 22.5 Å². The first-order chi connectivity index (χ1) is 44.6. The zero-order valence-corrected chi connectivity index (χ0v) is 57.2. The van der Waals surface area contributed by atoms with E-state index in [-0.39, 0.29) is 47.3 Å². The molecule has 0 unspecified atom stereocenters. The Hall–Kier alpha value is -8.02. The summed E-state index contributed by atoms with van der Waals surface area (Å²) < 4.78 is 10.2. The maximum atomic E-state index is 12.4. The van der Waals surface area contributed by atoms with Crippen LogP contribution in [0.2, 0.25) is 10.0 Å². The van der Waals surface area contributed by atoms with Crippen LogP contribution < -0.4 is 26.6 Å². The molecule has 2 aliphatic heterocycles. The number of piperidine rings is 2. The van der Waals surface area contributed by atoms with Gasteiger partial charge < -0.3 is 46.0 Å². The first-order valence-corrected chi connectivity index (χ1v) is 33.1. The van der Waals surface area contributed by atoms with Gasteiger partial charge in [-0.2, -0.15) is 0 Å². The van der Waals surface area contributed by atoms with Crippen LogP contribution in [0, 0.1) is 0 Å². The standard InChI is InChI=1S/C35H42ClN7O3.C29H32ClN7O.C6H11BrO2/c1-35(2,3)46-32(45)23-42(4)17-7-10-31(44)39-25-13-11-24(12-14-25)22-43-18-15-26(16-19-43)40-34-38-21-29(36)33(41-34)28-20-37-30-9-6-5-8-27(28)30;1-31-14-4-7-27(38)34-21-10-8-20(9-11-21)19-37-15-12-22(13-16-37)35-29-33-18-25(30)28(36-29)24-17-32-26-6-3-2-5-23(24)26;1-6(2,3)9-5(8)4-7/h5-14,20-21,26,37H,15-19,22-23H2,1-4H3,(H,39,44)(H,38,40,41);2-11,17-18,22,31-32H,12-16,19H2,1H3,(H,34,38)(H,33,35,36);4H2,1-3H3/b10-7+;7-4+;. The van der Waals surface area contributed by atoms with Crippen molar-refractivity contribution in [3.05, 3.63) is 167 Å².